The number of hydrogen-bond donors (Lipinski definition) is 2. The topological polar surface area (TPSA) is 84.1 Å². The fourth-order valence-electron chi connectivity index (χ4n) is 1.48. The van der Waals surface area contributed by atoms with Gasteiger partial charge in [0.15, 0.2) is 0 Å². The number of nitrogens with one attached hydrogen (secondary N) is 1. The van der Waals surface area contributed by atoms with Gasteiger partial charge in [0.05, 0.1) is 5.56 Å². The van der Waals surface area contributed by atoms with E-state index in [1.807, 2.05) is 0 Å². The molecule has 1 aromatic heterocycles. The van der Waals surface area contributed by atoms with E-state index < -0.39 is 5.91 Å². The lowest BCUT2D eigenvalue weighted by Crippen LogP contribution is -2.44. The summed E-state index contributed by atoms with van der Waals surface area (Å²) in [5.74, 6) is 0.156. The third-order valence-corrected chi connectivity index (χ3v) is 2.32. The van der Waals surface area contributed by atoms with Crippen LogP contribution in [-0.4, -0.2) is 42.1 Å². The van der Waals surface area contributed by atoms with Gasteiger partial charge >= 0.3 is 0 Å². The molecule has 3 N–H and O–H groups in total. The summed E-state index contributed by atoms with van der Waals surface area (Å²) >= 11 is 0. The number of amides is 1. The summed E-state index contributed by atoms with van der Waals surface area (Å²) in [5.41, 5.74) is 5.44. The molecule has 0 bridgehead atoms. The largest absolute Gasteiger partial charge is 0.366 e. The molecule has 0 saturated carbocycles. The number of anilines is 1. The van der Waals surface area contributed by atoms with E-state index in [0.29, 0.717) is 11.5 Å². The van der Waals surface area contributed by atoms with E-state index in [1.165, 1.54) is 12.4 Å². The number of carbonyl (C=O) groups excluding carboxylic acids is 1. The minimum absolute atomic E-state index is 0.342. The Bertz CT molecular complexity index is 344. The van der Waals surface area contributed by atoms with Crippen molar-refractivity contribution in [2.45, 2.75) is 0 Å². The van der Waals surface area contributed by atoms with Crippen molar-refractivity contribution in [3.8, 4) is 0 Å². The molecule has 6 nitrogen and oxygen atoms in total. The minimum atomic E-state index is -0.498. The Morgan fingerprint density at radius 3 is 2.47 bits per heavy atom. The monoisotopic (exact) mass is 207 g/mol. The highest BCUT2D eigenvalue weighted by Gasteiger charge is 2.12. The molecule has 0 atom stereocenters. The highest BCUT2D eigenvalue weighted by atomic mass is 16.1. The van der Waals surface area contributed by atoms with Gasteiger partial charge in [0.25, 0.3) is 5.91 Å². The zero-order chi connectivity index (χ0) is 10.7. The average Bonchev–Trinajstić information content (AvgIpc) is 2.30. The fourth-order valence-corrected chi connectivity index (χ4v) is 1.48. The summed E-state index contributed by atoms with van der Waals surface area (Å²) in [7, 11) is 0. The van der Waals surface area contributed by atoms with Gasteiger partial charge in [-0.2, -0.15) is 0 Å². The van der Waals surface area contributed by atoms with Crippen LogP contribution >= 0.6 is 0 Å². The zero-order valence-corrected chi connectivity index (χ0v) is 8.31. The predicted octanol–water partition coefficient (Wildman–Crippen LogP) is -1.01. The van der Waals surface area contributed by atoms with Crippen molar-refractivity contribution in [3.63, 3.8) is 0 Å². The van der Waals surface area contributed by atoms with Crippen LogP contribution in [0.4, 0.5) is 5.95 Å². The lowest BCUT2D eigenvalue weighted by molar-refractivity contribution is 0.0999. The first-order valence-corrected chi connectivity index (χ1v) is 4.85. The van der Waals surface area contributed by atoms with Gasteiger partial charge < -0.3 is 16.0 Å². The average molecular weight is 207 g/mol. The second-order valence-corrected chi connectivity index (χ2v) is 3.37. The number of primary amides is 1. The zero-order valence-electron chi connectivity index (χ0n) is 8.31. The first kappa shape index (κ1) is 9.85. The van der Waals surface area contributed by atoms with E-state index in [4.69, 9.17) is 5.73 Å². The number of hydrogen-bond acceptors (Lipinski definition) is 5. The molecule has 1 fully saturated rings. The Morgan fingerprint density at radius 1 is 1.33 bits per heavy atom. The Labute approximate surface area is 87.5 Å². The molecule has 1 amide bonds. The Kier molecular flexibility index (Phi) is 2.77. The number of carbonyl (C=O) groups is 1. The van der Waals surface area contributed by atoms with Crippen molar-refractivity contribution in [2.75, 3.05) is 31.1 Å². The standard InChI is InChI=1S/C9H13N5O/c10-8(15)7-5-12-9(13-6-7)14-3-1-11-2-4-14/h5-6,11H,1-4H2,(H2,10,15). The molecular formula is C9H13N5O. The van der Waals surface area contributed by atoms with E-state index >= 15 is 0 Å². The Hall–Kier alpha value is -1.69. The summed E-state index contributed by atoms with van der Waals surface area (Å²) in [6.45, 7) is 3.63. The van der Waals surface area contributed by atoms with Crippen molar-refractivity contribution in [1.29, 1.82) is 0 Å². The van der Waals surface area contributed by atoms with Crippen LogP contribution in [0.5, 0.6) is 0 Å². The van der Waals surface area contributed by atoms with E-state index in [0.717, 1.165) is 26.2 Å². The van der Waals surface area contributed by atoms with Crippen molar-refractivity contribution < 1.29 is 4.79 Å². The van der Waals surface area contributed by atoms with Crippen LogP contribution in [0.2, 0.25) is 0 Å². The van der Waals surface area contributed by atoms with Crippen LogP contribution in [0.25, 0.3) is 0 Å². The molecule has 0 spiro atoms. The van der Waals surface area contributed by atoms with Gasteiger partial charge in [-0.3, -0.25) is 4.79 Å². The van der Waals surface area contributed by atoms with Gasteiger partial charge in [-0.25, -0.2) is 9.97 Å². The van der Waals surface area contributed by atoms with Crippen molar-refractivity contribution >= 4 is 11.9 Å². The minimum Gasteiger partial charge on any atom is -0.366 e. The summed E-state index contributed by atoms with van der Waals surface area (Å²) < 4.78 is 0. The van der Waals surface area contributed by atoms with Crippen LogP contribution < -0.4 is 16.0 Å². The maximum atomic E-state index is 10.8. The summed E-state index contributed by atoms with van der Waals surface area (Å²) in [4.78, 5) is 21.1. The molecule has 0 aromatic carbocycles. The second kappa shape index (κ2) is 4.22. The van der Waals surface area contributed by atoms with Crippen LogP contribution in [0.3, 0.4) is 0 Å². The Morgan fingerprint density at radius 2 is 1.93 bits per heavy atom. The predicted molar refractivity (Wildman–Crippen MR) is 55.6 cm³/mol. The van der Waals surface area contributed by atoms with Gasteiger partial charge in [0, 0.05) is 38.6 Å². The molecule has 1 aromatic rings. The second-order valence-electron chi connectivity index (χ2n) is 3.37. The van der Waals surface area contributed by atoms with Gasteiger partial charge in [-0.05, 0) is 0 Å². The quantitative estimate of drug-likeness (QED) is 0.649. The third kappa shape index (κ3) is 2.21. The van der Waals surface area contributed by atoms with Crippen molar-refractivity contribution in [3.05, 3.63) is 18.0 Å². The molecule has 15 heavy (non-hydrogen) atoms. The van der Waals surface area contributed by atoms with E-state index in [9.17, 15) is 4.79 Å². The number of nitrogens with zero attached hydrogens (tertiary/aromatic N) is 3. The fraction of sp³-hybridized carbons (Fsp3) is 0.444. The van der Waals surface area contributed by atoms with E-state index in [2.05, 4.69) is 20.2 Å². The highest BCUT2D eigenvalue weighted by molar-refractivity contribution is 5.92. The molecule has 6 heteroatoms. The van der Waals surface area contributed by atoms with Gasteiger partial charge in [0.2, 0.25) is 5.95 Å². The molecule has 80 valence electrons. The third-order valence-electron chi connectivity index (χ3n) is 2.32. The molecular weight excluding hydrogens is 194 g/mol. The van der Waals surface area contributed by atoms with Crippen molar-refractivity contribution in [2.24, 2.45) is 5.73 Å². The normalized spacial score (nSPS) is 16.4. The SMILES string of the molecule is NC(=O)c1cnc(N2CCNCC2)nc1. The molecule has 0 aliphatic carbocycles. The van der Waals surface area contributed by atoms with Crippen LogP contribution in [-0.2, 0) is 0 Å². The van der Waals surface area contributed by atoms with Crippen LogP contribution in [0.1, 0.15) is 10.4 Å². The van der Waals surface area contributed by atoms with Crippen LogP contribution in [0.15, 0.2) is 12.4 Å². The molecule has 0 radical (unpaired) electrons. The molecule has 2 heterocycles. The Balaban J connectivity index is 2.11. The smallest absolute Gasteiger partial charge is 0.251 e. The first-order chi connectivity index (χ1) is 7.27. The first-order valence-electron chi connectivity index (χ1n) is 4.85. The number of piperazine rings is 1. The molecule has 1 aliphatic heterocycles. The number of aromatic nitrogens is 2. The van der Waals surface area contributed by atoms with Gasteiger partial charge in [-0.1, -0.05) is 0 Å². The van der Waals surface area contributed by atoms with Crippen molar-refractivity contribution in [1.82, 2.24) is 15.3 Å². The highest BCUT2D eigenvalue weighted by Crippen LogP contribution is 2.07. The van der Waals surface area contributed by atoms with E-state index in [1.54, 1.807) is 0 Å². The maximum Gasteiger partial charge on any atom is 0.251 e. The van der Waals surface area contributed by atoms with Gasteiger partial charge in [0.1, 0.15) is 0 Å². The van der Waals surface area contributed by atoms with Crippen LogP contribution in [0, 0.1) is 0 Å². The molecule has 1 aliphatic rings. The number of rotatable bonds is 2. The molecule has 1 saturated heterocycles. The summed E-state index contributed by atoms with van der Waals surface area (Å²) in [5, 5.41) is 3.24. The molecule has 0 unspecified atom stereocenters. The summed E-state index contributed by atoms with van der Waals surface area (Å²) in [6, 6.07) is 0. The number of nitrogens with two attached hydrogens (primary N) is 1. The maximum absolute atomic E-state index is 10.8. The van der Waals surface area contributed by atoms with E-state index in [-0.39, 0.29) is 0 Å². The lowest BCUT2D eigenvalue weighted by atomic mass is 10.3. The lowest BCUT2D eigenvalue weighted by Gasteiger charge is -2.27. The van der Waals surface area contributed by atoms with Gasteiger partial charge in [-0.15, -0.1) is 0 Å². The summed E-state index contributed by atoms with van der Waals surface area (Å²) in [6.07, 6.45) is 2.93. The molecule has 2 rings (SSSR count).